The number of H-pyrrole nitrogens is 1. The molecule has 0 aliphatic heterocycles. The van der Waals surface area contributed by atoms with Gasteiger partial charge in [0, 0.05) is 17.6 Å². The molecule has 0 spiro atoms. The third-order valence-corrected chi connectivity index (χ3v) is 2.01. The number of nitrogens with one attached hydrogen (secondary N) is 1. The summed E-state index contributed by atoms with van der Waals surface area (Å²) in [5.41, 5.74) is 0.807. The van der Waals surface area contributed by atoms with Gasteiger partial charge in [0.1, 0.15) is 11.6 Å². The smallest absolute Gasteiger partial charge is 0.293 e. The Morgan fingerprint density at radius 1 is 1.44 bits per heavy atom. The molecule has 0 aliphatic carbocycles. The van der Waals surface area contributed by atoms with Crippen molar-refractivity contribution in [2.75, 3.05) is 0 Å². The molecule has 0 unspecified atom stereocenters. The first-order chi connectivity index (χ1) is 7.74. The van der Waals surface area contributed by atoms with Crippen LogP contribution in [0.3, 0.4) is 0 Å². The second kappa shape index (κ2) is 4.94. The van der Waals surface area contributed by atoms with Gasteiger partial charge in [0.25, 0.3) is 5.69 Å². The molecule has 0 saturated carbocycles. The maximum Gasteiger partial charge on any atom is 0.293 e. The summed E-state index contributed by atoms with van der Waals surface area (Å²) < 4.78 is 0. The van der Waals surface area contributed by atoms with Gasteiger partial charge in [-0.1, -0.05) is 26.0 Å². The lowest BCUT2D eigenvalue weighted by molar-refractivity contribution is -0.383. The van der Waals surface area contributed by atoms with Crippen LogP contribution in [0.4, 0.5) is 5.69 Å². The monoisotopic (exact) mass is 217 g/mol. The normalized spacial score (nSPS) is 9.06. The van der Waals surface area contributed by atoms with Crippen molar-refractivity contribution in [3.05, 3.63) is 40.1 Å². The standard InChI is InChI=1S/C9H5N3O2.C2H6/c10-4-6-5-11-9-7(6)2-1-3-8(9)12(13)14;1-2/h1-3,5,11H;1-2H3. The van der Waals surface area contributed by atoms with E-state index in [1.165, 1.54) is 12.3 Å². The van der Waals surface area contributed by atoms with E-state index in [0.29, 0.717) is 16.5 Å². The first kappa shape index (κ1) is 11.7. The first-order valence-electron chi connectivity index (χ1n) is 4.88. The average Bonchev–Trinajstić information content (AvgIpc) is 2.74. The summed E-state index contributed by atoms with van der Waals surface area (Å²) in [6, 6.07) is 6.61. The Hall–Kier alpha value is -2.35. The predicted molar refractivity (Wildman–Crippen MR) is 61.0 cm³/mol. The van der Waals surface area contributed by atoms with E-state index in [0.717, 1.165) is 0 Å². The van der Waals surface area contributed by atoms with Crippen LogP contribution in [0.2, 0.25) is 0 Å². The molecule has 0 fully saturated rings. The van der Waals surface area contributed by atoms with Crippen molar-refractivity contribution in [1.29, 1.82) is 5.26 Å². The van der Waals surface area contributed by atoms with E-state index in [1.807, 2.05) is 19.9 Å². The number of aromatic nitrogens is 1. The average molecular weight is 217 g/mol. The molecule has 0 aliphatic rings. The van der Waals surface area contributed by atoms with Gasteiger partial charge in [-0.15, -0.1) is 0 Å². The van der Waals surface area contributed by atoms with Crippen LogP contribution in [-0.4, -0.2) is 9.91 Å². The van der Waals surface area contributed by atoms with Crippen LogP contribution in [0.1, 0.15) is 19.4 Å². The van der Waals surface area contributed by atoms with Crippen LogP contribution >= 0.6 is 0 Å². The number of benzene rings is 1. The van der Waals surface area contributed by atoms with Gasteiger partial charge in [-0.2, -0.15) is 5.26 Å². The highest BCUT2D eigenvalue weighted by atomic mass is 16.6. The van der Waals surface area contributed by atoms with Gasteiger partial charge in [0.2, 0.25) is 0 Å². The van der Waals surface area contributed by atoms with E-state index >= 15 is 0 Å². The zero-order valence-corrected chi connectivity index (χ0v) is 9.02. The molecule has 1 heterocycles. The van der Waals surface area contributed by atoms with Crippen LogP contribution < -0.4 is 0 Å². The molecule has 0 radical (unpaired) electrons. The molecule has 1 aromatic heterocycles. The van der Waals surface area contributed by atoms with Crippen LogP contribution in [0.25, 0.3) is 10.9 Å². The predicted octanol–water partition coefficient (Wildman–Crippen LogP) is 2.97. The number of nitro benzene ring substituents is 1. The number of rotatable bonds is 1. The summed E-state index contributed by atoms with van der Waals surface area (Å²) in [6.07, 6.45) is 1.47. The lowest BCUT2D eigenvalue weighted by Gasteiger charge is -1.92. The van der Waals surface area contributed by atoms with Gasteiger partial charge >= 0.3 is 0 Å². The highest BCUT2D eigenvalue weighted by Crippen LogP contribution is 2.26. The Balaban J connectivity index is 0.000000606. The lowest BCUT2D eigenvalue weighted by Crippen LogP contribution is -1.88. The SMILES string of the molecule is CC.N#Cc1c[nH]c2c([N+](=O)[O-])cccc12. The van der Waals surface area contributed by atoms with Crippen molar-refractivity contribution in [1.82, 2.24) is 4.98 Å². The van der Waals surface area contributed by atoms with Crippen molar-refractivity contribution < 1.29 is 4.92 Å². The zero-order chi connectivity index (χ0) is 12.1. The number of aromatic amines is 1. The molecule has 1 aromatic carbocycles. The number of para-hydroxylation sites is 1. The number of non-ortho nitro benzene ring substituents is 1. The molecule has 16 heavy (non-hydrogen) atoms. The number of nitro groups is 1. The summed E-state index contributed by atoms with van der Waals surface area (Å²) in [5, 5.41) is 19.9. The molecular weight excluding hydrogens is 206 g/mol. The second-order valence-corrected chi connectivity index (χ2v) is 2.77. The fourth-order valence-electron chi connectivity index (χ4n) is 1.38. The van der Waals surface area contributed by atoms with Crippen molar-refractivity contribution in [2.45, 2.75) is 13.8 Å². The number of nitriles is 1. The summed E-state index contributed by atoms with van der Waals surface area (Å²) in [7, 11) is 0. The van der Waals surface area contributed by atoms with E-state index in [9.17, 15) is 10.1 Å². The fraction of sp³-hybridized carbons (Fsp3) is 0.182. The van der Waals surface area contributed by atoms with Gasteiger partial charge in [-0.3, -0.25) is 10.1 Å². The molecule has 2 rings (SSSR count). The lowest BCUT2D eigenvalue weighted by atomic mass is 10.2. The van der Waals surface area contributed by atoms with E-state index in [4.69, 9.17) is 5.26 Å². The molecule has 5 heteroatoms. The number of hydrogen-bond donors (Lipinski definition) is 1. The number of hydrogen-bond acceptors (Lipinski definition) is 3. The van der Waals surface area contributed by atoms with Crippen molar-refractivity contribution in [2.24, 2.45) is 0 Å². The van der Waals surface area contributed by atoms with E-state index < -0.39 is 4.92 Å². The highest BCUT2D eigenvalue weighted by molar-refractivity contribution is 5.92. The molecule has 0 atom stereocenters. The van der Waals surface area contributed by atoms with E-state index in [1.54, 1.807) is 12.1 Å². The minimum atomic E-state index is -0.472. The van der Waals surface area contributed by atoms with Gasteiger partial charge in [-0.05, 0) is 0 Å². The molecule has 0 saturated heterocycles. The third kappa shape index (κ3) is 1.86. The van der Waals surface area contributed by atoms with Crippen LogP contribution in [0, 0.1) is 21.4 Å². The Labute approximate surface area is 92.5 Å². The minimum absolute atomic E-state index is 0.0102. The number of fused-ring (bicyclic) bond motifs is 1. The molecule has 1 N–H and O–H groups in total. The second-order valence-electron chi connectivity index (χ2n) is 2.77. The quantitative estimate of drug-likeness (QED) is 0.588. The highest BCUT2D eigenvalue weighted by Gasteiger charge is 2.14. The summed E-state index contributed by atoms with van der Waals surface area (Å²) >= 11 is 0. The maximum atomic E-state index is 10.6. The largest absolute Gasteiger partial charge is 0.354 e. The molecule has 2 aromatic rings. The van der Waals surface area contributed by atoms with Gasteiger partial charge in [0.05, 0.1) is 10.5 Å². The van der Waals surface area contributed by atoms with Crippen molar-refractivity contribution in [3.8, 4) is 6.07 Å². The van der Waals surface area contributed by atoms with E-state index in [-0.39, 0.29) is 5.69 Å². The maximum absolute atomic E-state index is 10.6. The summed E-state index contributed by atoms with van der Waals surface area (Å²) in [6.45, 7) is 4.00. The van der Waals surface area contributed by atoms with Gasteiger partial charge in [0.15, 0.2) is 0 Å². The Kier molecular flexibility index (Phi) is 3.62. The van der Waals surface area contributed by atoms with Gasteiger partial charge < -0.3 is 4.98 Å². The zero-order valence-electron chi connectivity index (χ0n) is 9.02. The van der Waals surface area contributed by atoms with Crippen LogP contribution in [0.15, 0.2) is 24.4 Å². The Morgan fingerprint density at radius 3 is 2.69 bits per heavy atom. The van der Waals surface area contributed by atoms with Crippen molar-refractivity contribution >= 4 is 16.6 Å². The topological polar surface area (TPSA) is 82.7 Å². The molecule has 82 valence electrons. The molecule has 5 nitrogen and oxygen atoms in total. The minimum Gasteiger partial charge on any atom is -0.354 e. The van der Waals surface area contributed by atoms with Crippen LogP contribution in [-0.2, 0) is 0 Å². The molecule has 0 amide bonds. The van der Waals surface area contributed by atoms with Gasteiger partial charge in [-0.25, -0.2) is 0 Å². The number of nitrogens with zero attached hydrogens (tertiary/aromatic N) is 2. The first-order valence-corrected chi connectivity index (χ1v) is 4.88. The molecular formula is C11H11N3O2. The fourth-order valence-corrected chi connectivity index (χ4v) is 1.38. The van der Waals surface area contributed by atoms with Crippen molar-refractivity contribution in [3.63, 3.8) is 0 Å². The van der Waals surface area contributed by atoms with E-state index in [2.05, 4.69) is 4.98 Å². The summed E-state index contributed by atoms with van der Waals surface area (Å²) in [4.78, 5) is 12.9. The Morgan fingerprint density at radius 2 is 2.12 bits per heavy atom. The van der Waals surface area contributed by atoms with Crippen LogP contribution in [0.5, 0.6) is 0 Å². The third-order valence-electron chi connectivity index (χ3n) is 2.01. The molecule has 0 bridgehead atoms. The summed E-state index contributed by atoms with van der Waals surface area (Å²) in [5.74, 6) is 0. The Bertz CT molecular complexity index is 552.